The lowest BCUT2D eigenvalue weighted by Crippen LogP contribution is -2.38. The molecule has 3 rings (SSSR count). The van der Waals surface area contributed by atoms with Gasteiger partial charge in [0.15, 0.2) is 0 Å². The minimum atomic E-state index is 0.485. The highest BCUT2D eigenvalue weighted by molar-refractivity contribution is 7.15. The lowest BCUT2D eigenvalue weighted by atomic mass is 9.82. The van der Waals surface area contributed by atoms with E-state index < -0.39 is 0 Å². The lowest BCUT2D eigenvalue weighted by molar-refractivity contribution is 0.0620. The Morgan fingerprint density at radius 1 is 1.33 bits per heavy atom. The Kier molecular flexibility index (Phi) is 3.80. The molecule has 3 atom stereocenters. The van der Waals surface area contributed by atoms with Crippen molar-refractivity contribution in [2.24, 2.45) is 5.92 Å². The summed E-state index contributed by atoms with van der Waals surface area (Å²) >= 11 is 1.71. The summed E-state index contributed by atoms with van der Waals surface area (Å²) in [4.78, 5) is 0. The molecule has 2 heterocycles. The number of aromatic nitrogens is 2. The first-order valence-electron chi connectivity index (χ1n) is 7.07. The zero-order valence-corrected chi connectivity index (χ0v) is 11.7. The predicted molar refractivity (Wildman–Crippen MR) is 73.0 cm³/mol. The van der Waals surface area contributed by atoms with E-state index in [2.05, 4.69) is 22.4 Å². The van der Waals surface area contributed by atoms with Crippen molar-refractivity contribution in [3.05, 3.63) is 5.01 Å². The molecule has 1 aliphatic heterocycles. The smallest absolute Gasteiger partial charge is 0.205 e. The molecule has 18 heavy (non-hydrogen) atoms. The molecular weight excluding hydrogens is 246 g/mol. The van der Waals surface area contributed by atoms with Crippen LogP contribution in [0.15, 0.2) is 0 Å². The summed E-state index contributed by atoms with van der Waals surface area (Å²) in [5.74, 6) is 0.678. The number of fused-ring (bicyclic) bond motifs is 1. The van der Waals surface area contributed by atoms with Gasteiger partial charge in [-0.3, -0.25) is 0 Å². The Labute approximate surface area is 112 Å². The summed E-state index contributed by atoms with van der Waals surface area (Å²) in [5, 5.41) is 14.2. The van der Waals surface area contributed by atoms with Crippen molar-refractivity contribution < 1.29 is 4.74 Å². The zero-order chi connectivity index (χ0) is 12.4. The summed E-state index contributed by atoms with van der Waals surface area (Å²) in [6, 6.07) is 0.536. The highest BCUT2D eigenvalue weighted by atomic mass is 32.1. The fraction of sp³-hybridized carbons (Fsp3) is 0.846. The molecule has 1 aromatic heterocycles. The van der Waals surface area contributed by atoms with E-state index in [0.717, 1.165) is 29.6 Å². The van der Waals surface area contributed by atoms with Gasteiger partial charge in [0, 0.05) is 25.0 Å². The summed E-state index contributed by atoms with van der Waals surface area (Å²) < 4.78 is 5.80. The van der Waals surface area contributed by atoms with E-state index in [4.69, 9.17) is 4.74 Å². The molecule has 0 bridgehead atoms. The molecule has 1 saturated heterocycles. The van der Waals surface area contributed by atoms with Crippen molar-refractivity contribution in [1.29, 1.82) is 0 Å². The largest absolute Gasteiger partial charge is 0.378 e. The van der Waals surface area contributed by atoms with E-state index in [1.165, 1.54) is 25.7 Å². The van der Waals surface area contributed by atoms with Crippen LogP contribution < -0.4 is 5.32 Å². The Bertz CT molecular complexity index is 395. The molecule has 0 unspecified atom stereocenters. The standard InChI is InChI=1S/C13H21N3OS/c1-2-4-12-15-16-13(18-12)14-10-5-3-6-11-9(10)7-8-17-11/h9-11H,2-8H2,1H3,(H,14,16)/t9-,10-,11-/m1/s1. The third-order valence-electron chi connectivity index (χ3n) is 4.02. The van der Waals surface area contributed by atoms with Gasteiger partial charge in [-0.25, -0.2) is 0 Å². The molecule has 100 valence electrons. The van der Waals surface area contributed by atoms with Gasteiger partial charge in [0.05, 0.1) is 6.10 Å². The topological polar surface area (TPSA) is 47.0 Å². The Morgan fingerprint density at radius 3 is 3.17 bits per heavy atom. The van der Waals surface area contributed by atoms with E-state index in [1.807, 2.05) is 0 Å². The van der Waals surface area contributed by atoms with Gasteiger partial charge in [0.2, 0.25) is 5.13 Å². The molecule has 1 saturated carbocycles. The first-order chi connectivity index (χ1) is 8.86. The van der Waals surface area contributed by atoms with Crippen molar-refractivity contribution in [1.82, 2.24) is 10.2 Å². The normalized spacial score (nSPS) is 31.3. The van der Waals surface area contributed by atoms with Gasteiger partial charge in [0.1, 0.15) is 5.01 Å². The second-order valence-corrected chi connectivity index (χ2v) is 6.36. The molecule has 1 aromatic rings. The number of aryl methyl sites for hydroxylation is 1. The van der Waals surface area contributed by atoms with Crippen LogP contribution in [0.1, 0.15) is 44.0 Å². The molecule has 0 amide bonds. The van der Waals surface area contributed by atoms with Crippen LogP contribution in [0.25, 0.3) is 0 Å². The number of rotatable bonds is 4. The average Bonchev–Trinajstić information content (AvgIpc) is 2.99. The Balaban J connectivity index is 1.63. The van der Waals surface area contributed by atoms with Gasteiger partial charge in [0.25, 0.3) is 0 Å². The van der Waals surface area contributed by atoms with Crippen LogP contribution in [-0.2, 0) is 11.2 Å². The van der Waals surface area contributed by atoms with Crippen molar-refractivity contribution in [3.63, 3.8) is 0 Å². The summed E-state index contributed by atoms with van der Waals surface area (Å²) in [5.41, 5.74) is 0. The van der Waals surface area contributed by atoms with Gasteiger partial charge in [-0.2, -0.15) is 0 Å². The maximum absolute atomic E-state index is 5.80. The maximum Gasteiger partial charge on any atom is 0.205 e. The molecule has 0 aromatic carbocycles. The molecule has 5 heteroatoms. The van der Waals surface area contributed by atoms with E-state index in [0.29, 0.717) is 18.1 Å². The van der Waals surface area contributed by atoms with Crippen LogP contribution in [0, 0.1) is 5.92 Å². The minimum absolute atomic E-state index is 0.485. The molecule has 1 N–H and O–H groups in total. The van der Waals surface area contributed by atoms with Crippen LogP contribution in [-0.4, -0.2) is 29.0 Å². The molecule has 2 aliphatic rings. The van der Waals surface area contributed by atoms with Gasteiger partial charge in [-0.15, -0.1) is 10.2 Å². The number of nitrogens with zero attached hydrogens (tertiary/aromatic N) is 2. The first-order valence-corrected chi connectivity index (χ1v) is 7.89. The highest BCUT2D eigenvalue weighted by Gasteiger charge is 2.37. The minimum Gasteiger partial charge on any atom is -0.378 e. The second kappa shape index (κ2) is 5.53. The zero-order valence-electron chi connectivity index (χ0n) is 10.9. The summed E-state index contributed by atoms with van der Waals surface area (Å²) in [7, 11) is 0. The average molecular weight is 267 g/mol. The molecule has 0 spiro atoms. The van der Waals surface area contributed by atoms with Crippen molar-refractivity contribution >= 4 is 16.5 Å². The second-order valence-electron chi connectivity index (χ2n) is 5.29. The number of hydrogen-bond donors (Lipinski definition) is 1. The quantitative estimate of drug-likeness (QED) is 0.911. The van der Waals surface area contributed by atoms with Crippen LogP contribution in [0.4, 0.5) is 5.13 Å². The third-order valence-corrected chi connectivity index (χ3v) is 4.94. The summed E-state index contributed by atoms with van der Waals surface area (Å²) in [6.07, 6.45) is 7.60. The van der Waals surface area contributed by atoms with Gasteiger partial charge in [-0.1, -0.05) is 18.3 Å². The van der Waals surface area contributed by atoms with Gasteiger partial charge in [-0.05, 0) is 32.1 Å². The number of hydrogen-bond acceptors (Lipinski definition) is 5. The van der Waals surface area contributed by atoms with Crippen LogP contribution in [0.3, 0.4) is 0 Å². The predicted octanol–water partition coefficient (Wildman–Crippen LogP) is 2.86. The molecule has 4 nitrogen and oxygen atoms in total. The number of ether oxygens (including phenoxy) is 1. The first kappa shape index (κ1) is 12.4. The Hall–Kier alpha value is -0.680. The third kappa shape index (κ3) is 2.52. The van der Waals surface area contributed by atoms with E-state index in [-0.39, 0.29) is 0 Å². The summed E-state index contributed by atoms with van der Waals surface area (Å²) in [6.45, 7) is 3.11. The van der Waals surface area contributed by atoms with Crippen LogP contribution >= 0.6 is 11.3 Å². The number of nitrogens with one attached hydrogen (secondary N) is 1. The Morgan fingerprint density at radius 2 is 2.28 bits per heavy atom. The van der Waals surface area contributed by atoms with Crippen LogP contribution in [0.2, 0.25) is 0 Å². The fourth-order valence-electron chi connectivity index (χ4n) is 3.14. The van der Waals surface area contributed by atoms with Gasteiger partial charge < -0.3 is 10.1 Å². The van der Waals surface area contributed by atoms with E-state index >= 15 is 0 Å². The number of anilines is 1. The van der Waals surface area contributed by atoms with E-state index in [1.54, 1.807) is 11.3 Å². The van der Waals surface area contributed by atoms with Gasteiger partial charge >= 0.3 is 0 Å². The highest BCUT2D eigenvalue weighted by Crippen LogP contribution is 2.36. The molecule has 0 radical (unpaired) electrons. The fourth-order valence-corrected chi connectivity index (χ4v) is 4.04. The van der Waals surface area contributed by atoms with Crippen molar-refractivity contribution in [2.45, 2.75) is 57.6 Å². The maximum atomic E-state index is 5.80. The van der Waals surface area contributed by atoms with Crippen molar-refractivity contribution in [2.75, 3.05) is 11.9 Å². The molecule has 1 aliphatic carbocycles. The lowest BCUT2D eigenvalue weighted by Gasteiger charge is -2.32. The van der Waals surface area contributed by atoms with E-state index in [9.17, 15) is 0 Å². The molecular formula is C13H21N3OS. The molecule has 2 fully saturated rings. The van der Waals surface area contributed by atoms with Crippen molar-refractivity contribution in [3.8, 4) is 0 Å². The van der Waals surface area contributed by atoms with Crippen LogP contribution in [0.5, 0.6) is 0 Å². The monoisotopic (exact) mass is 267 g/mol. The SMILES string of the molecule is CCCc1nnc(N[C@@H]2CCC[C@H]3OCC[C@H]23)s1.